The van der Waals surface area contributed by atoms with Gasteiger partial charge in [-0.3, -0.25) is 4.79 Å². The SMILES string of the molecule is CC(=O)OC1C[C@@H]2[C@H](CC[C@]3(C)CCC[C@@H]23)C2=C1CCCC2. The molecule has 0 aliphatic heterocycles. The van der Waals surface area contributed by atoms with Gasteiger partial charge in [0.25, 0.3) is 0 Å². The molecule has 0 N–H and O–H groups in total. The minimum absolute atomic E-state index is 0.0918. The summed E-state index contributed by atoms with van der Waals surface area (Å²) in [7, 11) is 0. The van der Waals surface area contributed by atoms with E-state index in [0.717, 1.165) is 24.2 Å². The molecule has 1 unspecified atom stereocenters. The summed E-state index contributed by atoms with van der Waals surface area (Å²) >= 11 is 0. The highest BCUT2D eigenvalue weighted by molar-refractivity contribution is 5.66. The quantitative estimate of drug-likeness (QED) is 0.502. The van der Waals surface area contributed by atoms with Gasteiger partial charge in [0, 0.05) is 6.92 Å². The lowest BCUT2D eigenvalue weighted by molar-refractivity contribution is -0.147. The number of ether oxygens (including phenoxy) is 1. The van der Waals surface area contributed by atoms with Crippen LogP contribution in [-0.2, 0) is 9.53 Å². The zero-order chi connectivity index (χ0) is 15.3. The summed E-state index contributed by atoms with van der Waals surface area (Å²) in [6.07, 6.45) is 13.4. The largest absolute Gasteiger partial charge is 0.458 e. The maximum Gasteiger partial charge on any atom is 0.303 e. The van der Waals surface area contributed by atoms with Crippen LogP contribution in [-0.4, -0.2) is 12.1 Å². The van der Waals surface area contributed by atoms with E-state index in [1.165, 1.54) is 63.4 Å². The van der Waals surface area contributed by atoms with E-state index < -0.39 is 0 Å². The zero-order valence-corrected chi connectivity index (χ0v) is 14.2. The molecule has 0 amide bonds. The van der Waals surface area contributed by atoms with Crippen molar-refractivity contribution in [2.45, 2.75) is 84.2 Å². The lowest BCUT2D eigenvalue weighted by atomic mass is 9.54. The highest BCUT2D eigenvalue weighted by Crippen LogP contribution is 2.61. The monoisotopic (exact) mass is 302 g/mol. The molecule has 4 rings (SSSR count). The van der Waals surface area contributed by atoms with Gasteiger partial charge in [-0.2, -0.15) is 0 Å². The molecule has 4 aliphatic rings. The number of hydrogen-bond donors (Lipinski definition) is 0. The van der Waals surface area contributed by atoms with E-state index in [1.54, 1.807) is 12.5 Å². The Labute approximate surface area is 134 Å². The number of fused-ring (bicyclic) bond motifs is 4. The first-order chi connectivity index (χ1) is 10.6. The first-order valence-corrected chi connectivity index (χ1v) is 9.47. The predicted octanol–water partition coefficient (Wildman–Crippen LogP) is 5.03. The van der Waals surface area contributed by atoms with Crippen LogP contribution in [0.1, 0.15) is 78.1 Å². The van der Waals surface area contributed by atoms with Gasteiger partial charge >= 0.3 is 5.97 Å². The van der Waals surface area contributed by atoms with E-state index in [4.69, 9.17) is 4.74 Å². The van der Waals surface area contributed by atoms with E-state index in [1.807, 2.05) is 0 Å². The summed E-state index contributed by atoms with van der Waals surface area (Å²) < 4.78 is 5.79. The van der Waals surface area contributed by atoms with Gasteiger partial charge < -0.3 is 4.74 Å². The molecule has 0 saturated heterocycles. The van der Waals surface area contributed by atoms with E-state index >= 15 is 0 Å². The van der Waals surface area contributed by atoms with Crippen LogP contribution in [0.4, 0.5) is 0 Å². The van der Waals surface area contributed by atoms with E-state index in [0.29, 0.717) is 5.41 Å². The predicted molar refractivity (Wildman–Crippen MR) is 87.3 cm³/mol. The molecule has 2 heteroatoms. The Bertz CT molecular complexity index is 506. The number of carbonyl (C=O) groups is 1. The topological polar surface area (TPSA) is 26.3 Å². The standard InChI is InChI=1S/C20H30O2/c1-13(21)22-19-12-17-15(14-6-3-4-7-16(14)19)9-11-20(2)10-5-8-18(17)20/h15,17-19H,3-12H2,1-2H3/t15-,17-,18+,19?,20+/m1/s1. The molecule has 0 heterocycles. The third kappa shape index (κ3) is 2.25. The van der Waals surface area contributed by atoms with Crippen LogP contribution >= 0.6 is 0 Å². The van der Waals surface area contributed by atoms with Crippen molar-refractivity contribution in [2.75, 3.05) is 0 Å². The first kappa shape index (κ1) is 14.8. The van der Waals surface area contributed by atoms with Crippen LogP contribution in [0.3, 0.4) is 0 Å². The lowest BCUT2D eigenvalue weighted by Crippen LogP contribution is -2.45. The summed E-state index contributed by atoms with van der Waals surface area (Å²) in [6, 6.07) is 0. The van der Waals surface area contributed by atoms with Gasteiger partial charge in [-0.25, -0.2) is 0 Å². The molecule has 0 radical (unpaired) electrons. The van der Waals surface area contributed by atoms with Crippen molar-refractivity contribution in [2.24, 2.45) is 23.2 Å². The van der Waals surface area contributed by atoms with Crippen LogP contribution in [0, 0.1) is 23.2 Å². The molecule has 0 aromatic heterocycles. The Morgan fingerprint density at radius 3 is 2.64 bits per heavy atom. The Balaban J connectivity index is 1.69. The highest BCUT2D eigenvalue weighted by atomic mass is 16.5. The molecule has 0 bridgehead atoms. The molecule has 4 aliphatic carbocycles. The van der Waals surface area contributed by atoms with Gasteiger partial charge in [-0.05, 0) is 86.5 Å². The van der Waals surface area contributed by atoms with Gasteiger partial charge in [0.05, 0.1) is 0 Å². The molecule has 5 atom stereocenters. The molecule has 2 saturated carbocycles. The molecule has 2 nitrogen and oxygen atoms in total. The minimum atomic E-state index is -0.0918. The number of esters is 1. The van der Waals surface area contributed by atoms with Crippen molar-refractivity contribution < 1.29 is 9.53 Å². The van der Waals surface area contributed by atoms with Crippen LogP contribution in [0.15, 0.2) is 11.1 Å². The van der Waals surface area contributed by atoms with Crippen LogP contribution in [0.5, 0.6) is 0 Å². The molecule has 22 heavy (non-hydrogen) atoms. The average molecular weight is 302 g/mol. The normalized spacial score (nSPS) is 44.1. The molecule has 122 valence electrons. The fourth-order valence-corrected chi connectivity index (χ4v) is 6.49. The molecule has 0 aromatic rings. The first-order valence-electron chi connectivity index (χ1n) is 9.47. The van der Waals surface area contributed by atoms with Crippen molar-refractivity contribution in [3.05, 3.63) is 11.1 Å². The maximum absolute atomic E-state index is 11.6. The van der Waals surface area contributed by atoms with Gasteiger partial charge in [0.2, 0.25) is 0 Å². The zero-order valence-electron chi connectivity index (χ0n) is 14.2. The summed E-state index contributed by atoms with van der Waals surface area (Å²) in [5, 5.41) is 0. The fourth-order valence-electron chi connectivity index (χ4n) is 6.49. The van der Waals surface area contributed by atoms with Crippen molar-refractivity contribution in [3.63, 3.8) is 0 Å². The summed E-state index contributed by atoms with van der Waals surface area (Å²) in [4.78, 5) is 11.6. The lowest BCUT2D eigenvalue weighted by Gasteiger charge is -2.52. The van der Waals surface area contributed by atoms with Gasteiger partial charge in [-0.1, -0.05) is 18.9 Å². The second-order valence-corrected chi connectivity index (χ2v) is 8.55. The number of rotatable bonds is 1. The molecule has 2 fully saturated rings. The van der Waals surface area contributed by atoms with Crippen molar-refractivity contribution in [3.8, 4) is 0 Å². The maximum atomic E-state index is 11.6. The molecular weight excluding hydrogens is 272 g/mol. The van der Waals surface area contributed by atoms with E-state index in [9.17, 15) is 4.79 Å². The van der Waals surface area contributed by atoms with Crippen molar-refractivity contribution >= 4 is 5.97 Å². The van der Waals surface area contributed by atoms with Crippen molar-refractivity contribution in [1.82, 2.24) is 0 Å². The van der Waals surface area contributed by atoms with Gasteiger partial charge in [-0.15, -0.1) is 0 Å². The van der Waals surface area contributed by atoms with Crippen LogP contribution < -0.4 is 0 Å². The molecule has 0 spiro atoms. The Morgan fingerprint density at radius 1 is 1.09 bits per heavy atom. The Hall–Kier alpha value is -0.790. The average Bonchev–Trinajstić information content (AvgIpc) is 2.89. The second-order valence-electron chi connectivity index (χ2n) is 8.55. The van der Waals surface area contributed by atoms with E-state index in [2.05, 4.69) is 6.92 Å². The third-order valence-electron chi connectivity index (χ3n) is 7.40. The second kappa shape index (κ2) is 5.39. The minimum Gasteiger partial charge on any atom is -0.458 e. The number of hydrogen-bond acceptors (Lipinski definition) is 2. The van der Waals surface area contributed by atoms with Gasteiger partial charge in [0.15, 0.2) is 0 Å². The van der Waals surface area contributed by atoms with Crippen LogP contribution in [0.2, 0.25) is 0 Å². The highest BCUT2D eigenvalue weighted by Gasteiger charge is 2.52. The fraction of sp³-hybridized carbons (Fsp3) is 0.850. The molecule has 0 aromatic carbocycles. The number of carbonyl (C=O) groups excluding carboxylic acids is 1. The van der Waals surface area contributed by atoms with Crippen LogP contribution in [0.25, 0.3) is 0 Å². The summed E-state index contributed by atoms with van der Waals surface area (Å²) in [6.45, 7) is 4.11. The van der Waals surface area contributed by atoms with Crippen molar-refractivity contribution in [1.29, 1.82) is 0 Å². The van der Waals surface area contributed by atoms with Gasteiger partial charge in [0.1, 0.15) is 6.10 Å². The van der Waals surface area contributed by atoms with E-state index in [-0.39, 0.29) is 12.1 Å². The number of allylic oxidation sites excluding steroid dienone is 1. The summed E-state index contributed by atoms with van der Waals surface area (Å²) in [5.41, 5.74) is 3.83. The summed E-state index contributed by atoms with van der Waals surface area (Å²) in [5.74, 6) is 2.38. The Kier molecular flexibility index (Phi) is 3.62. The Morgan fingerprint density at radius 2 is 1.86 bits per heavy atom. The smallest absolute Gasteiger partial charge is 0.303 e. The third-order valence-corrected chi connectivity index (χ3v) is 7.40. The molecular formula is C20H30O2.